The van der Waals surface area contributed by atoms with Crippen LogP contribution in [0, 0.1) is 18.8 Å². The highest BCUT2D eigenvalue weighted by Crippen LogP contribution is 2.43. The molecule has 2 fully saturated rings. The van der Waals surface area contributed by atoms with Gasteiger partial charge in [0.05, 0.1) is 30.7 Å². The van der Waals surface area contributed by atoms with Crippen LogP contribution in [0.25, 0.3) is 0 Å². The Balaban J connectivity index is 1.72. The summed E-state index contributed by atoms with van der Waals surface area (Å²) in [5, 5.41) is 8.83. The van der Waals surface area contributed by atoms with Crippen LogP contribution < -0.4 is 0 Å². The van der Waals surface area contributed by atoms with E-state index in [0.29, 0.717) is 17.9 Å². The maximum absolute atomic E-state index is 13.5. The van der Waals surface area contributed by atoms with Gasteiger partial charge in [-0.25, -0.2) is 8.78 Å². The summed E-state index contributed by atoms with van der Waals surface area (Å²) in [6, 6.07) is 3.70. The van der Waals surface area contributed by atoms with Gasteiger partial charge in [0.1, 0.15) is 5.03 Å². The van der Waals surface area contributed by atoms with E-state index in [-0.39, 0.29) is 30.7 Å². The van der Waals surface area contributed by atoms with Crippen molar-refractivity contribution in [2.75, 3.05) is 19.7 Å². The van der Waals surface area contributed by atoms with E-state index in [2.05, 4.69) is 10.2 Å². The summed E-state index contributed by atoms with van der Waals surface area (Å²) in [5.41, 5.74) is 0.804. The standard InChI is InChI=1S/C18H23F2N3O3S/c1-3-26-17(25)14-9-12(27-15-5-4-11(2)21-22-15)8-13(14)16(24)23-7-6-18(19,20)10-23/h4-5,12-14H,3,6-10H2,1-2H3/t12-,13+,14+/m0/s1. The van der Waals surface area contributed by atoms with E-state index in [1.165, 1.54) is 16.7 Å². The number of likely N-dealkylation sites (tertiary alicyclic amines) is 1. The van der Waals surface area contributed by atoms with Gasteiger partial charge in [0, 0.05) is 18.2 Å². The molecule has 1 amide bonds. The van der Waals surface area contributed by atoms with Crippen molar-refractivity contribution in [3.8, 4) is 0 Å². The number of halogens is 2. The Morgan fingerprint density at radius 2 is 2.04 bits per heavy atom. The van der Waals surface area contributed by atoms with Crippen molar-refractivity contribution in [2.24, 2.45) is 11.8 Å². The van der Waals surface area contributed by atoms with Gasteiger partial charge >= 0.3 is 5.97 Å². The smallest absolute Gasteiger partial charge is 0.309 e. The van der Waals surface area contributed by atoms with E-state index < -0.39 is 30.3 Å². The molecule has 2 aliphatic rings. The molecule has 148 valence electrons. The van der Waals surface area contributed by atoms with Crippen LogP contribution in [0.4, 0.5) is 8.78 Å². The molecule has 1 saturated heterocycles. The minimum atomic E-state index is -2.85. The highest BCUT2D eigenvalue weighted by atomic mass is 32.2. The zero-order valence-electron chi connectivity index (χ0n) is 15.4. The van der Waals surface area contributed by atoms with Gasteiger partial charge in [-0.05, 0) is 38.8 Å². The van der Waals surface area contributed by atoms with E-state index in [1.807, 2.05) is 19.1 Å². The number of rotatable bonds is 5. The molecule has 2 heterocycles. The Labute approximate surface area is 161 Å². The fraction of sp³-hybridized carbons (Fsp3) is 0.667. The zero-order chi connectivity index (χ0) is 19.6. The second-order valence-corrected chi connectivity index (χ2v) is 8.38. The second-order valence-electron chi connectivity index (χ2n) is 7.05. The number of aromatic nitrogens is 2. The molecule has 1 aliphatic heterocycles. The summed E-state index contributed by atoms with van der Waals surface area (Å²) in [7, 11) is 0. The Bertz CT molecular complexity index is 702. The summed E-state index contributed by atoms with van der Waals surface area (Å²) in [6.45, 7) is 3.23. The third-order valence-electron chi connectivity index (χ3n) is 4.97. The quantitative estimate of drug-likeness (QED) is 0.709. The third-order valence-corrected chi connectivity index (χ3v) is 6.15. The van der Waals surface area contributed by atoms with Crippen LogP contribution in [0.1, 0.15) is 31.9 Å². The topological polar surface area (TPSA) is 72.4 Å². The largest absolute Gasteiger partial charge is 0.466 e. The highest BCUT2D eigenvalue weighted by Gasteiger charge is 2.48. The number of amides is 1. The molecule has 9 heteroatoms. The summed E-state index contributed by atoms with van der Waals surface area (Å²) < 4.78 is 32.1. The molecule has 1 saturated carbocycles. The minimum Gasteiger partial charge on any atom is -0.466 e. The van der Waals surface area contributed by atoms with E-state index in [0.717, 1.165) is 5.69 Å². The minimum absolute atomic E-state index is 0.0199. The first kappa shape index (κ1) is 20.0. The maximum Gasteiger partial charge on any atom is 0.309 e. The van der Waals surface area contributed by atoms with Crippen molar-refractivity contribution < 1.29 is 23.1 Å². The Hall–Kier alpha value is -1.77. The van der Waals surface area contributed by atoms with E-state index >= 15 is 0 Å². The van der Waals surface area contributed by atoms with Gasteiger partial charge in [-0.3, -0.25) is 9.59 Å². The number of alkyl halides is 2. The summed E-state index contributed by atoms with van der Waals surface area (Å²) in [4.78, 5) is 26.4. The average Bonchev–Trinajstić information content (AvgIpc) is 3.20. The molecule has 0 radical (unpaired) electrons. The van der Waals surface area contributed by atoms with Crippen molar-refractivity contribution >= 4 is 23.6 Å². The number of carbonyl (C=O) groups excluding carboxylic acids is 2. The monoisotopic (exact) mass is 399 g/mol. The predicted octanol–water partition coefficient (Wildman–Crippen LogP) is 2.70. The molecule has 27 heavy (non-hydrogen) atoms. The summed E-state index contributed by atoms with van der Waals surface area (Å²) in [5.74, 6) is -4.89. The SMILES string of the molecule is CCOC(=O)[C@@H]1C[C@@H](Sc2ccc(C)nn2)C[C@H]1C(=O)N1CCC(F)(F)C1. The predicted molar refractivity (Wildman–Crippen MR) is 95.4 cm³/mol. The van der Waals surface area contributed by atoms with Gasteiger partial charge < -0.3 is 9.64 Å². The van der Waals surface area contributed by atoms with Gasteiger partial charge in [0.15, 0.2) is 0 Å². The van der Waals surface area contributed by atoms with E-state index in [9.17, 15) is 18.4 Å². The van der Waals surface area contributed by atoms with Crippen LogP contribution in [0.3, 0.4) is 0 Å². The number of ether oxygens (including phenoxy) is 1. The van der Waals surface area contributed by atoms with Crippen LogP contribution in [-0.2, 0) is 14.3 Å². The Morgan fingerprint density at radius 3 is 2.63 bits per heavy atom. The number of hydrogen-bond donors (Lipinski definition) is 0. The molecule has 1 aromatic heterocycles. The number of nitrogens with zero attached hydrogens (tertiary/aromatic N) is 3. The number of thioether (sulfide) groups is 1. The van der Waals surface area contributed by atoms with Crippen LogP contribution in [-0.4, -0.2) is 57.8 Å². The van der Waals surface area contributed by atoms with Gasteiger partial charge in [-0.15, -0.1) is 16.9 Å². The Morgan fingerprint density at radius 1 is 1.30 bits per heavy atom. The lowest BCUT2D eigenvalue weighted by molar-refractivity contribution is -0.153. The van der Waals surface area contributed by atoms with Crippen molar-refractivity contribution in [3.05, 3.63) is 17.8 Å². The van der Waals surface area contributed by atoms with Crippen LogP contribution in [0.15, 0.2) is 17.2 Å². The van der Waals surface area contributed by atoms with Crippen LogP contribution in [0.2, 0.25) is 0 Å². The molecule has 6 nitrogen and oxygen atoms in total. The number of esters is 1. The van der Waals surface area contributed by atoms with Crippen LogP contribution in [0.5, 0.6) is 0 Å². The normalized spacial score (nSPS) is 27.0. The van der Waals surface area contributed by atoms with Gasteiger partial charge in [-0.1, -0.05) is 0 Å². The molecule has 0 bridgehead atoms. The van der Waals surface area contributed by atoms with Crippen molar-refractivity contribution in [1.82, 2.24) is 15.1 Å². The third kappa shape index (κ3) is 4.75. The first-order valence-corrected chi connectivity index (χ1v) is 9.97. The fourth-order valence-electron chi connectivity index (χ4n) is 3.65. The lowest BCUT2D eigenvalue weighted by atomic mass is 9.95. The lowest BCUT2D eigenvalue weighted by Gasteiger charge is -2.23. The number of hydrogen-bond acceptors (Lipinski definition) is 6. The Kier molecular flexibility index (Phi) is 5.98. The molecule has 0 N–H and O–H groups in total. The molecule has 1 aliphatic carbocycles. The lowest BCUT2D eigenvalue weighted by Crippen LogP contribution is -2.39. The van der Waals surface area contributed by atoms with Crippen LogP contribution >= 0.6 is 11.8 Å². The fourth-order valence-corrected chi connectivity index (χ4v) is 4.83. The molecule has 0 aromatic carbocycles. The summed E-state index contributed by atoms with van der Waals surface area (Å²) in [6.07, 6.45) is 0.566. The van der Waals surface area contributed by atoms with Crippen molar-refractivity contribution in [3.63, 3.8) is 0 Å². The van der Waals surface area contributed by atoms with E-state index in [4.69, 9.17) is 4.74 Å². The van der Waals surface area contributed by atoms with Gasteiger partial charge in [0.2, 0.25) is 5.91 Å². The molecule has 3 rings (SSSR count). The number of carbonyl (C=O) groups is 2. The van der Waals surface area contributed by atoms with Crippen molar-refractivity contribution in [2.45, 2.75) is 49.3 Å². The maximum atomic E-state index is 13.5. The summed E-state index contributed by atoms with van der Waals surface area (Å²) >= 11 is 1.46. The molecule has 3 atom stereocenters. The van der Waals surface area contributed by atoms with Gasteiger partial charge in [-0.2, -0.15) is 5.10 Å². The van der Waals surface area contributed by atoms with Gasteiger partial charge in [0.25, 0.3) is 5.92 Å². The second kappa shape index (κ2) is 8.08. The molecule has 0 unspecified atom stereocenters. The van der Waals surface area contributed by atoms with E-state index in [1.54, 1.807) is 6.92 Å². The average molecular weight is 399 g/mol. The molecular weight excluding hydrogens is 376 g/mol. The first-order valence-electron chi connectivity index (χ1n) is 9.09. The molecule has 0 spiro atoms. The zero-order valence-corrected chi connectivity index (χ0v) is 16.2. The first-order chi connectivity index (χ1) is 12.8. The highest BCUT2D eigenvalue weighted by molar-refractivity contribution is 7.99. The molecular formula is C18H23F2N3O3S. The molecule has 1 aromatic rings. The van der Waals surface area contributed by atoms with Crippen molar-refractivity contribution in [1.29, 1.82) is 0 Å². The number of aryl methyl sites for hydroxylation is 1.